The van der Waals surface area contributed by atoms with Crippen LogP contribution in [0.3, 0.4) is 0 Å². The minimum atomic E-state index is -3.76. The van der Waals surface area contributed by atoms with Gasteiger partial charge in [0, 0.05) is 38.3 Å². The lowest BCUT2D eigenvalue weighted by Gasteiger charge is -2.35. The second kappa shape index (κ2) is 7.79. The number of carbonyl (C=O) groups excluding carboxylic acids is 1. The van der Waals surface area contributed by atoms with Crippen molar-refractivity contribution in [3.8, 4) is 0 Å². The van der Waals surface area contributed by atoms with Gasteiger partial charge < -0.3 is 9.80 Å². The Morgan fingerprint density at radius 3 is 2.44 bits per heavy atom. The standard InChI is InChI=1S/C15H22N4O5S/c1-3-16-7-9-17(10-8-16)15(20)12-18(25(2,23)24)13-5-4-6-14(11-13)19(21)22/h4-6,11H,3,7-10,12H2,1-2H3. The number of carbonyl (C=O) groups is 1. The minimum absolute atomic E-state index is 0.109. The Kier molecular flexibility index (Phi) is 5.96. The summed E-state index contributed by atoms with van der Waals surface area (Å²) in [4.78, 5) is 26.7. The van der Waals surface area contributed by atoms with E-state index in [0.717, 1.165) is 36.3 Å². The smallest absolute Gasteiger partial charge is 0.271 e. The van der Waals surface area contributed by atoms with Crippen molar-refractivity contribution in [1.29, 1.82) is 0 Å². The number of piperazine rings is 1. The zero-order valence-corrected chi connectivity index (χ0v) is 15.1. The fourth-order valence-corrected chi connectivity index (χ4v) is 3.54. The van der Waals surface area contributed by atoms with E-state index in [1.165, 1.54) is 18.2 Å². The number of nitro groups is 1. The van der Waals surface area contributed by atoms with Crippen LogP contribution in [0.5, 0.6) is 0 Å². The molecule has 0 bridgehead atoms. The highest BCUT2D eigenvalue weighted by Gasteiger charge is 2.27. The van der Waals surface area contributed by atoms with Crippen LogP contribution in [0.1, 0.15) is 6.92 Å². The molecule has 1 saturated heterocycles. The number of benzene rings is 1. The molecule has 138 valence electrons. The third-order valence-corrected chi connectivity index (χ3v) is 5.32. The van der Waals surface area contributed by atoms with Crippen molar-refractivity contribution < 1.29 is 18.1 Å². The number of anilines is 1. The number of sulfonamides is 1. The average molecular weight is 370 g/mol. The first-order chi connectivity index (χ1) is 11.7. The topological polar surface area (TPSA) is 104 Å². The molecule has 0 aliphatic carbocycles. The van der Waals surface area contributed by atoms with Crippen LogP contribution in [0.15, 0.2) is 24.3 Å². The summed E-state index contributed by atoms with van der Waals surface area (Å²) in [7, 11) is -3.76. The molecule has 0 radical (unpaired) electrons. The van der Waals surface area contributed by atoms with Gasteiger partial charge in [0.2, 0.25) is 15.9 Å². The van der Waals surface area contributed by atoms with Gasteiger partial charge in [-0.2, -0.15) is 0 Å². The monoisotopic (exact) mass is 370 g/mol. The highest BCUT2D eigenvalue weighted by molar-refractivity contribution is 7.92. The highest BCUT2D eigenvalue weighted by atomic mass is 32.2. The normalized spacial score (nSPS) is 15.8. The number of rotatable bonds is 6. The fourth-order valence-electron chi connectivity index (χ4n) is 2.70. The van der Waals surface area contributed by atoms with Gasteiger partial charge in [-0.15, -0.1) is 0 Å². The molecule has 0 N–H and O–H groups in total. The second-order valence-electron chi connectivity index (χ2n) is 5.86. The van der Waals surface area contributed by atoms with Crippen molar-refractivity contribution in [3.63, 3.8) is 0 Å². The first-order valence-electron chi connectivity index (χ1n) is 7.94. The van der Waals surface area contributed by atoms with E-state index in [0.29, 0.717) is 13.1 Å². The van der Waals surface area contributed by atoms with Crippen molar-refractivity contribution in [2.24, 2.45) is 0 Å². The number of likely N-dealkylation sites (N-methyl/N-ethyl adjacent to an activating group) is 1. The van der Waals surface area contributed by atoms with E-state index in [1.54, 1.807) is 4.90 Å². The summed E-state index contributed by atoms with van der Waals surface area (Å²) in [6.45, 7) is 5.16. The van der Waals surface area contributed by atoms with Crippen LogP contribution >= 0.6 is 0 Å². The number of non-ortho nitro benzene ring substituents is 1. The first-order valence-corrected chi connectivity index (χ1v) is 9.79. The zero-order chi connectivity index (χ0) is 18.6. The molecule has 0 unspecified atom stereocenters. The Balaban J connectivity index is 2.18. The van der Waals surface area contributed by atoms with Gasteiger partial charge in [-0.3, -0.25) is 19.2 Å². The summed E-state index contributed by atoms with van der Waals surface area (Å²) in [5.74, 6) is -0.312. The first kappa shape index (κ1) is 19.1. The highest BCUT2D eigenvalue weighted by Crippen LogP contribution is 2.23. The quantitative estimate of drug-likeness (QED) is 0.534. The van der Waals surface area contributed by atoms with Crippen LogP contribution in [-0.2, 0) is 14.8 Å². The van der Waals surface area contributed by atoms with Crippen molar-refractivity contribution in [3.05, 3.63) is 34.4 Å². The molecule has 0 spiro atoms. The molecule has 10 heteroatoms. The molecule has 1 aliphatic heterocycles. The van der Waals surface area contributed by atoms with Gasteiger partial charge in [0.15, 0.2) is 0 Å². The summed E-state index contributed by atoms with van der Waals surface area (Å²) in [6.07, 6.45) is 0.980. The number of hydrogen-bond donors (Lipinski definition) is 0. The van der Waals surface area contributed by atoms with Gasteiger partial charge in [-0.25, -0.2) is 8.42 Å². The number of nitro benzene ring substituents is 1. The van der Waals surface area contributed by atoms with E-state index in [2.05, 4.69) is 4.90 Å². The molecule has 1 aliphatic rings. The largest absolute Gasteiger partial charge is 0.339 e. The van der Waals surface area contributed by atoms with Gasteiger partial charge in [-0.05, 0) is 12.6 Å². The molecule has 0 atom stereocenters. The molecule has 1 amide bonds. The number of hydrogen-bond acceptors (Lipinski definition) is 6. The third kappa shape index (κ3) is 4.89. The van der Waals surface area contributed by atoms with E-state index in [1.807, 2.05) is 6.92 Å². The third-order valence-electron chi connectivity index (χ3n) is 4.18. The summed E-state index contributed by atoms with van der Waals surface area (Å²) in [6, 6.07) is 5.27. The van der Waals surface area contributed by atoms with Crippen molar-refractivity contribution in [1.82, 2.24) is 9.80 Å². The molecule has 25 heavy (non-hydrogen) atoms. The SMILES string of the molecule is CCN1CCN(C(=O)CN(c2cccc([N+](=O)[O-])c2)S(C)(=O)=O)CC1. The maximum Gasteiger partial charge on any atom is 0.271 e. The Morgan fingerprint density at radius 1 is 1.28 bits per heavy atom. The van der Waals surface area contributed by atoms with E-state index in [4.69, 9.17) is 0 Å². The molecular formula is C15H22N4O5S. The van der Waals surface area contributed by atoms with Gasteiger partial charge in [0.1, 0.15) is 6.54 Å². The molecule has 2 rings (SSSR count). The Bertz CT molecular complexity index is 744. The molecular weight excluding hydrogens is 348 g/mol. The lowest BCUT2D eigenvalue weighted by atomic mass is 10.2. The lowest BCUT2D eigenvalue weighted by Crippen LogP contribution is -2.51. The van der Waals surface area contributed by atoms with Crippen molar-refractivity contribution in [2.75, 3.05) is 49.8 Å². The van der Waals surface area contributed by atoms with E-state index in [9.17, 15) is 23.3 Å². The van der Waals surface area contributed by atoms with Gasteiger partial charge >= 0.3 is 0 Å². The van der Waals surface area contributed by atoms with Gasteiger partial charge in [0.25, 0.3) is 5.69 Å². The van der Waals surface area contributed by atoms with Crippen LogP contribution in [0.25, 0.3) is 0 Å². The predicted octanol–water partition coefficient (Wildman–Crippen LogP) is 0.525. The molecule has 0 aromatic heterocycles. The Labute approximate surface area is 147 Å². The molecule has 9 nitrogen and oxygen atoms in total. The summed E-state index contributed by atoms with van der Waals surface area (Å²) in [5, 5.41) is 10.9. The summed E-state index contributed by atoms with van der Waals surface area (Å²) >= 11 is 0. The fraction of sp³-hybridized carbons (Fsp3) is 0.533. The summed E-state index contributed by atoms with van der Waals surface area (Å²) < 4.78 is 25.1. The van der Waals surface area contributed by atoms with Gasteiger partial charge in [0.05, 0.1) is 16.9 Å². The average Bonchev–Trinajstić information content (AvgIpc) is 2.58. The molecule has 1 aromatic carbocycles. The van der Waals surface area contributed by atoms with Crippen molar-refractivity contribution >= 4 is 27.3 Å². The van der Waals surface area contributed by atoms with Crippen LogP contribution in [0, 0.1) is 10.1 Å². The second-order valence-corrected chi connectivity index (χ2v) is 7.77. The maximum atomic E-state index is 12.5. The van der Waals surface area contributed by atoms with Gasteiger partial charge in [-0.1, -0.05) is 13.0 Å². The molecule has 1 heterocycles. The predicted molar refractivity (Wildman–Crippen MR) is 94.0 cm³/mol. The zero-order valence-electron chi connectivity index (χ0n) is 14.3. The Morgan fingerprint density at radius 2 is 1.92 bits per heavy atom. The van der Waals surface area contributed by atoms with Crippen molar-refractivity contribution in [2.45, 2.75) is 6.92 Å². The summed E-state index contributed by atoms with van der Waals surface area (Å²) in [5.41, 5.74) is -0.118. The number of amides is 1. The van der Waals surface area contributed by atoms with Crippen LogP contribution < -0.4 is 4.31 Å². The minimum Gasteiger partial charge on any atom is -0.339 e. The number of nitrogens with zero attached hydrogens (tertiary/aromatic N) is 4. The Hall–Kier alpha value is -2.20. The van der Waals surface area contributed by atoms with Crippen LogP contribution in [0.2, 0.25) is 0 Å². The van der Waals surface area contributed by atoms with Crippen LogP contribution in [0.4, 0.5) is 11.4 Å². The van der Waals surface area contributed by atoms with E-state index in [-0.39, 0.29) is 23.8 Å². The molecule has 1 aromatic rings. The van der Waals surface area contributed by atoms with E-state index < -0.39 is 14.9 Å². The lowest BCUT2D eigenvalue weighted by molar-refractivity contribution is -0.384. The molecule has 1 fully saturated rings. The van der Waals surface area contributed by atoms with E-state index >= 15 is 0 Å². The molecule has 0 saturated carbocycles. The maximum absolute atomic E-state index is 12.5. The van der Waals surface area contributed by atoms with Crippen LogP contribution in [-0.4, -0.2) is 74.6 Å².